The topological polar surface area (TPSA) is 133 Å². The molecule has 0 amide bonds. The van der Waals surface area contributed by atoms with Gasteiger partial charge in [0.1, 0.15) is 11.8 Å². The Bertz CT molecular complexity index is 1230. The fourth-order valence-corrected chi connectivity index (χ4v) is 5.32. The Kier molecular flexibility index (Phi) is 6.38. The van der Waals surface area contributed by atoms with Gasteiger partial charge in [-0.3, -0.25) is 0 Å². The number of nitrogens with two attached hydrogens (primary N) is 1. The Morgan fingerprint density at radius 2 is 1.94 bits per heavy atom. The van der Waals surface area contributed by atoms with E-state index >= 15 is 0 Å². The second-order valence-electron chi connectivity index (χ2n) is 7.80. The van der Waals surface area contributed by atoms with E-state index in [1.807, 2.05) is 4.57 Å². The first-order valence-electron chi connectivity index (χ1n) is 10.6. The third-order valence-corrected chi connectivity index (χ3v) is 7.48. The van der Waals surface area contributed by atoms with Crippen LogP contribution in [0.25, 0.3) is 11.2 Å². The Balaban J connectivity index is 1.39. The van der Waals surface area contributed by atoms with Crippen LogP contribution in [0.1, 0.15) is 41.6 Å². The van der Waals surface area contributed by atoms with E-state index in [4.69, 9.17) is 10.5 Å². The number of carbonyl (C=O) groups excluding carboxylic acids is 1. The van der Waals surface area contributed by atoms with E-state index in [9.17, 15) is 13.2 Å². The number of hydrogen-bond acceptors (Lipinski definition) is 8. The van der Waals surface area contributed by atoms with Gasteiger partial charge in [0, 0.05) is 19.6 Å². The number of rotatable bonds is 7. The quantitative estimate of drug-likeness (QED) is 0.420. The summed E-state index contributed by atoms with van der Waals surface area (Å²) in [4.78, 5) is 25.1. The van der Waals surface area contributed by atoms with Crippen molar-refractivity contribution >= 4 is 33.0 Å². The standard InChI is InChI=1S/C21H26N6O4S/c1-15-6-7-16(32(29,30)27-9-3-2-4-10-27)12-17(15)21(28)31-11-5-8-26-14-25-18-19(22)23-13-24-20(18)26/h6-7,12-14H,2-5,8-11H2,1H3,(H2,22,23,24). The number of benzene rings is 1. The molecule has 0 aliphatic carbocycles. The van der Waals surface area contributed by atoms with Crippen molar-refractivity contribution in [3.05, 3.63) is 42.0 Å². The van der Waals surface area contributed by atoms with Crippen LogP contribution >= 0.6 is 0 Å². The number of aromatic nitrogens is 4. The highest BCUT2D eigenvalue weighted by Crippen LogP contribution is 2.23. The number of esters is 1. The van der Waals surface area contributed by atoms with Crippen molar-refractivity contribution in [3.8, 4) is 0 Å². The zero-order chi connectivity index (χ0) is 22.7. The monoisotopic (exact) mass is 458 g/mol. The summed E-state index contributed by atoms with van der Waals surface area (Å²) in [6.45, 7) is 3.48. The van der Waals surface area contributed by atoms with Crippen molar-refractivity contribution < 1.29 is 17.9 Å². The molecular formula is C21H26N6O4S. The molecule has 10 nitrogen and oxygen atoms in total. The van der Waals surface area contributed by atoms with Crippen molar-refractivity contribution in [3.63, 3.8) is 0 Å². The maximum Gasteiger partial charge on any atom is 0.338 e. The fraction of sp³-hybridized carbons (Fsp3) is 0.429. The Morgan fingerprint density at radius 1 is 1.16 bits per heavy atom. The first-order chi connectivity index (χ1) is 15.4. The molecule has 11 heteroatoms. The van der Waals surface area contributed by atoms with Crippen molar-refractivity contribution in [1.82, 2.24) is 23.8 Å². The summed E-state index contributed by atoms with van der Waals surface area (Å²) in [6, 6.07) is 4.62. The number of nitrogens with zero attached hydrogens (tertiary/aromatic N) is 5. The lowest BCUT2D eigenvalue weighted by molar-refractivity contribution is 0.0495. The lowest BCUT2D eigenvalue weighted by Gasteiger charge is -2.26. The maximum absolute atomic E-state index is 12.9. The van der Waals surface area contributed by atoms with Crippen LogP contribution in [-0.4, -0.2) is 57.9 Å². The number of aryl methyl sites for hydroxylation is 2. The van der Waals surface area contributed by atoms with Crippen LogP contribution in [0.5, 0.6) is 0 Å². The summed E-state index contributed by atoms with van der Waals surface area (Å²) < 4.78 is 34.6. The number of hydrogen-bond donors (Lipinski definition) is 1. The van der Waals surface area contributed by atoms with Crippen LogP contribution in [0.3, 0.4) is 0 Å². The van der Waals surface area contributed by atoms with Gasteiger partial charge < -0.3 is 15.0 Å². The molecule has 0 bridgehead atoms. The first-order valence-corrected chi connectivity index (χ1v) is 12.0. The second kappa shape index (κ2) is 9.21. The molecule has 1 aromatic carbocycles. The summed E-state index contributed by atoms with van der Waals surface area (Å²) in [6.07, 6.45) is 6.27. The highest BCUT2D eigenvalue weighted by molar-refractivity contribution is 7.89. The molecule has 1 aliphatic heterocycles. The van der Waals surface area contributed by atoms with Gasteiger partial charge in [-0.25, -0.2) is 28.2 Å². The number of fused-ring (bicyclic) bond motifs is 1. The Labute approximate surface area is 186 Å². The number of carbonyl (C=O) groups is 1. The SMILES string of the molecule is Cc1ccc(S(=O)(=O)N2CCCCC2)cc1C(=O)OCCCn1cnc2c(N)ncnc21. The second-order valence-corrected chi connectivity index (χ2v) is 9.74. The molecule has 0 atom stereocenters. The van der Waals surface area contributed by atoms with E-state index in [0.29, 0.717) is 48.6 Å². The third kappa shape index (κ3) is 4.44. The molecule has 3 heterocycles. The van der Waals surface area contributed by atoms with Crippen LogP contribution in [0, 0.1) is 6.92 Å². The van der Waals surface area contributed by atoms with Crippen LogP contribution in [0.2, 0.25) is 0 Å². The third-order valence-electron chi connectivity index (χ3n) is 5.59. The molecule has 1 saturated heterocycles. The first kappa shape index (κ1) is 22.2. The molecule has 1 aliphatic rings. The number of piperidine rings is 1. The normalized spacial score (nSPS) is 15.2. The summed E-state index contributed by atoms with van der Waals surface area (Å²) in [5.74, 6) is -0.227. The molecule has 2 aromatic heterocycles. The molecule has 1 fully saturated rings. The van der Waals surface area contributed by atoms with E-state index in [1.54, 1.807) is 25.4 Å². The maximum atomic E-state index is 12.9. The Hall–Kier alpha value is -3.05. The van der Waals surface area contributed by atoms with Crippen molar-refractivity contribution in [1.29, 1.82) is 0 Å². The number of ether oxygens (including phenoxy) is 1. The highest BCUT2D eigenvalue weighted by atomic mass is 32.2. The van der Waals surface area contributed by atoms with Gasteiger partial charge in [-0.05, 0) is 43.9 Å². The molecule has 32 heavy (non-hydrogen) atoms. The minimum absolute atomic E-state index is 0.124. The van der Waals surface area contributed by atoms with E-state index in [2.05, 4.69) is 15.0 Å². The number of imidazole rings is 1. The minimum Gasteiger partial charge on any atom is -0.462 e. The van der Waals surface area contributed by atoms with Crippen LogP contribution in [-0.2, 0) is 21.3 Å². The van der Waals surface area contributed by atoms with E-state index in [1.165, 1.54) is 16.7 Å². The molecule has 4 rings (SSSR count). The smallest absolute Gasteiger partial charge is 0.338 e. The lowest BCUT2D eigenvalue weighted by atomic mass is 10.1. The summed E-state index contributed by atoms with van der Waals surface area (Å²) in [5.41, 5.74) is 7.87. The fourth-order valence-electron chi connectivity index (χ4n) is 3.78. The van der Waals surface area contributed by atoms with Crippen molar-refractivity contribution in [2.75, 3.05) is 25.4 Å². The molecule has 3 aromatic rings. The van der Waals surface area contributed by atoms with Crippen LogP contribution in [0.4, 0.5) is 5.82 Å². The van der Waals surface area contributed by atoms with Gasteiger partial charge in [-0.1, -0.05) is 12.5 Å². The van der Waals surface area contributed by atoms with E-state index in [0.717, 1.165) is 19.3 Å². The van der Waals surface area contributed by atoms with E-state index < -0.39 is 16.0 Å². The molecular weight excluding hydrogens is 432 g/mol. The average molecular weight is 459 g/mol. The Morgan fingerprint density at radius 3 is 2.72 bits per heavy atom. The van der Waals surface area contributed by atoms with Gasteiger partial charge in [-0.2, -0.15) is 4.31 Å². The van der Waals surface area contributed by atoms with Crippen LogP contribution in [0.15, 0.2) is 35.7 Å². The predicted molar refractivity (Wildman–Crippen MR) is 118 cm³/mol. The van der Waals surface area contributed by atoms with Crippen LogP contribution < -0.4 is 5.73 Å². The van der Waals surface area contributed by atoms with E-state index in [-0.39, 0.29) is 17.1 Å². The molecule has 170 valence electrons. The van der Waals surface area contributed by atoms with Crippen molar-refractivity contribution in [2.45, 2.75) is 44.0 Å². The van der Waals surface area contributed by atoms with Gasteiger partial charge >= 0.3 is 5.97 Å². The van der Waals surface area contributed by atoms with Gasteiger partial charge in [0.25, 0.3) is 0 Å². The van der Waals surface area contributed by atoms with Crippen molar-refractivity contribution in [2.24, 2.45) is 0 Å². The van der Waals surface area contributed by atoms with Gasteiger partial charge in [0.05, 0.1) is 23.4 Å². The molecule has 0 saturated carbocycles. The summed E-state index contributed by atoms with van der Waals surface area (Å²) >= 11 is 0. The predicted octanol–water partition coefficient (Wildman–Crippen LogP) is 2.14. The zero-order valence-electron chi connectivity index (χ0n) is 17.9. The highest BCUT2D eigenvalue weighted by Gasteiger charge is 2.27. The molecule has 2 N–H and O–H groups in total. The minimum atomic E-state index is -3.62. The molecule has 0 unspecified atom stereocenters. The average Bonchev–Trinajstić information content (AvgIpc) is 3.21. The lowest BCUT2D eigenvalue weighted by Crippen LogP contribution is -2.35. The number of sulfonamides is 1. The van der Waals surface area contributed by atoms with Gasteiger partial charge in [0.2, 0.25) is 10.0 Å². The van der Waals surface area contributed by atoms with Gasteiger partial charge in [0.15, 0.2) is 11.5 Å². The number of nitrogen functional groups attached to an aromatic ring is 1. The largest absolute Gasteiger partial charge is 0.462 e. The summed E-state index contributed by atoms with van der Waals surface area (Å²) in [7, 11) is -3.62. The molecule has 0 spiro atoms. The molecule has 0 radical (unpaired) electrons. The number of anilines is 1. The van der Waals surface area contributed by atoms with Gasteiger partial charge in [-0.15, -0.1) is 0 Å². The summed E-state index contributed by atoms with van der Waals surface area (Å²) in [5, 5.41) is 0. The zero-order valence-corrected chi connectivity index (χ0v) is 18.7.